The van der Waals surface area contributed by atoms with Crippen molar-refractivity contribution in [2.75, 3.05) is 6.54 Å². The minimum Gasteiger partial charge on any atom is -0.550 e. The monoisotopic (exact) mass is 272 g/mol. The Morgan fingerprint density at radius 3 is 2.50 bits per heavy atom. The number of rotatable bonds is 6. The molecule has 0 aliphatic rings. The molecule has 1 amide bonds. The van der Waals surface area contributed by atoms with Crippen molar-refractivity contribution >= 4 is 11.9 Å². The summed E-state index contributed by atoms with van der Waals surface area (Å²) < 4.78 is 4.89. The first kappa shape index (κ1) is 13.9. The number of aliphatic carboxylic acids is 1. The summed E-state index contributed by atoms with van der Waals surface area (Å²) in [4.78, 5) is 24.3. The molecule has 2 aromatic rings. The van der Waals surface area contributed by atoms with Crippen molar-refractivity contribution < 1.29 is 19.1 Å². The van der Waals surface area contributed by atoms with Crippen LogP contribution in [0.2, 0.25) is 0 Å². The van der Waals surface area contributed by atoms with Crippen molar-refractivity contribution in [3.8, 4) is 0 Å². The standard InChI is InChI=1S/C15H15NO4/c17-14(18)6-8-16(10-12-4-2-1-3-5-12)15(19)13-7-9-20-11-13/h1-5,7,9,11H,6,8,10H2,(H,17,18)/p-1. The van der Waals surface area contributed by atoms with Crippen molar-refractivity contribution in [1.29, 1.82) is 0 Å². The van der Waals surface area contributed by atoms with E-state index >= 15 is 0 Å². The number of carboxylic acids is 1. The van der Waals surface area contributed by atoms with Crippen LogP contribution in [0.5, 0.6) is 0 Å². The molecule has 0 saturated carbocycles. The molecule has 1 heterocycles. The smallest absolute Gasteiger partial charge is 0.257 e. The Labute approximate surface area is 116 Å². The lowest BCUT2D eigenvalue weighted by Crippen LogP contribution is -2.35. The highest BCUT2D eigenvalue weighted by Crippen LogP contribution is 2.11. The molecule has 5 heteroatoms. The molecule has 0 aliphatic heterocycles. The Kier molecular flexibility index (Phi) is 4.55. The molecule has 0 radical (unpaired) electrons. The van der Waals surface area contributed by atoms with Crippen molar-refractivity contribution in [1.82, 2.24) is 4.90 Å². The van der Waals surface area contributed by atoms with Crippen LogP contribution in [0.25, 0.3) is 0 Å². The maximum atomic E-state index is 12.3. The molecule has 0 saturated heterocycles. The fourth-order valence-electron chi connectivity index (χ4n) is 1.85. The third-order valence-electron chi connectivity index (χ3n) is 2.86. The molecule has 0 fully saturated rings. The molecule has 5 nitrogen and oxygen atoms in total. The number of amides is 1. The van der Waals surface area contributed by atoms with E-state index in [2.05, 4.69) is 0 Å². The molecular formula is C15H14NO4-. The number of nitrogens with zero attached hydrogens (tertiary/aromatic N) is 1. The lowest BCUT2D eigenvalue weighted by Gasteiger charge is -2.22. The van der Waals surface area contributed by atoms with Crippen LogP contribution < -0.4 is 5.11 Å². The summed E-state index contributed by atoms with van der Waals surface area (Å²) >= 11 is 0. The quantitative estimate of drug-likeness (QED) is 0.788. The second-order valence-electron chi connectivity index (χ2n) is 4.35. The Morgan fingerprint density at radius 2 is 1.90 bits per heavy atom. The third kappa shape index (κ3) is 3.71. The topological polar surface area (TPSA) is 73.6 Å². The summed E-state index contributed by atoms with van der Waals surface area (Å²) in [5.41, 5.74) is 1.34. The van der Waals surface area contributed by atoms with E-state index < -0.39 is 5.97 Å². The molecule has 1 aromatic heterocycles. The highest BCUT2D eigenvalue weighted by atomic mass is 16.4. The first-order valence-electron chi connectivity index (χ1n) is 6.22. The van der Waals surface area contributed by atoms with Gasteiger partial charge in [0.1, 0.15) is 6.26 Å². The molecule has 0 spiro atoms. The van der Waals surface area contributed by atoms with Gasteiger partial charge in [0, 0.05) is 25.5 Å². The minimum absolute atomic E-state index is 0.0985. The van der Waals surface area contributed by atoms with Crippen LogP contribution in [0.3, 0.4) is 0 Å². The summed E-state index contributed by atoms with van der Waals surface area (Å²) in [6.07, 6.45) is 2.56. The van der Waals surface area contributed by atoms with Gasteiger partial charge in [0.2, 0.25) is 0 Å². The van der Waals surface area contributed by atoms with Gasteiger partial charge in [0.15, 0.2) is 0 Å². The predicted molar refractivity (Wildman–Crippen MR) is 69.5 cm³/mol. The van der Waals surface area contributed by atoms with Gasteiger partial charge in [-0.05, 0) is 11.6 Å². The van der Waals surface area contributed by atoms with E-state index in [1.54, 1.807) is 6.07 Å². The largest absolute Gasteiger partial charge is 0.550 e. The summed E-state index contributed by atoms with van der Waals surface area (Å²) in [6.45, 7) is 0.444. The second kappa shape index (κ2) is 6.56. The summed E-state index contributed by atoms with van der Waals surface area (Å²) in [5.74, 6) is -1.44. The average molecular weight is 272 g/mol. The first-order chi connectivity index (χ1) is 9.66. The van der Waals surface area contributed by atoms with Crippen molar-refractivity contribution in [3.63, 3.8) is 0 Å². The lowest BCUT2D eigenvalue weighted by atomic mass is 10.2. The maximum absolute atomic E-state index is 12.3. The SMILES string of the molecule is O=C([O-])CCN(Cc1ccccc1)C(=O)c1ccoc1. The van der Waals surface area contributed by atoms with Gasteiger partial charge in [-0.25, -0.2) is 0 Å². The Balaban J connectivity index is 2.12. The number of hydrogen-bond acceptors (Lipinski definition) is 4. The molecule has 20 heavy (non-hydrogen) atoms. The molecule has 0 bridgehead atoms. The molecular weight excluding hydrogens is 258 g/mol. The normalized spacial score (nSPS) is 10.2. The molecule has 0 N–H and O–H groups in total. The van der Waals surface area contributed by atoms with Crippen molar-refractivity contribution in [3.05, 3.63) is 60.1 Å². The van der Waals surface area contributed by atoms with Crippen LogP contribution in [0.4, 0.5) is 0 Å². The van der Waals surface area contributed by atoms with Crippen molar-refractivity contribution in [2.24, 2.45) is 0 Å². The van der Waals surface area contributed by atoms with Gasteiger partial charge in [0.05, 0.1) is 11.8 Å². The van der Waals surface area contributed by atoms with Crippen LogP contribution in [-0.4, -0.2) is 23.3 Å². The van der Waals surface area contributed by atoms with Crippen LogP contribution in [0.15, 0.2) is 53.3 Å². The maximum Gasteiger partial charge on any atom is 0.257 e. The van der Waals surface area contributed by atoms with Crippen molar-refractivity contribution in [2.45, 2.75) is 13.0 Å². The van der Waals surface area contributed by atoms with Gasteiger partial charge >= 0.3 is 0 Å². The average Bonchev–Trinajstić information content (AvgIpc) is 2.97. The minimum atomic E-state index is -1.18. The van der Waals surface area contributed by atoms with Gasteiger partial charge < -0.3 is 19.2 Å². The van der Waals surface area contributed by atoms with Crippen LogP contribution in [0.1, 0.15) is 22.3 Å². The van der Waals surface area contributed by atoms with E-state index in [-0.39, 0.29) is 18.9 Å². The van der Waals surface area contributed by atoms with Crippen LogP contribution in [0, 0.1) is 0 Å². The zero-order valence-electron chi connectivity index (χ0n) is 10.8. The number of carbonyl (C=O) groups excluding carboxylic acids is 2. The number of carboxylic acid groups (broad SMARTS) is 1. The summed E-state index contributed by atoms with van der Waals surface area (Å²) in [5, 5.41) is 10.6. The fraction of sp³-hybridized carbons (Fsp3) is 0.200. The number of benzene rings is 1. The fourth-order valence-corrected chi connectivity index (χ4v) is 1.85. The van der Waals surface area contributed by atoms with Crippen LogP contribution in [-0.2, 0) is 11.3 Å². The van der Waals surface area contributed by atoms with Gasteiger partial charge in [-0.3, -0.25) is 4.79 Å². The first-order valence-corrected chi connectivity index (χ1v) is 6.22. The summed E-state index contributed by atoms with van der Waals surface area (Å²) in [6, 6.07) is 10.9. The molecule has 1 aromatic carbocycles. The Hall–Kier alpha value is -2.56. The second-order valence-corrected chi connectivity index (χ2v) is 4.35. The van der Waals surface area contributed by atoms with E-state index in [1.807, 2.05) is 30.3 Å². The van der Waals surface area contributed by atoms with E-state index in [9.17, 15) is 14.7 Å². The van der Waals surface area contributed by atoms with Gasteiger partial charge in [0.25, 0.3) is 5.91 Å². The Morgan fingerprint density at radius 1 is 1.15 bits per heavy atom. The number of hydrogen-bond donors (Lipinski definition) is 0. The molecule has 2 rings (SSSR count). The van der Waals surface area contributed by atoms with E-state index in [4.69, 9.17) is 4.42 Å². The zero-order chi connectivity index (χ0) is 14.4. The lowest BCUT2D eigenvalue weighted by molar-refractivity contribution is -0.305. The third-order valence-corrected chi connectivity index (χ3v) is 2.86. The molecule has 0 atom stereocenters. The zero-order valence-corrected chi connectivity index (χ0v) is 10.8. The Bertz CT molecular complexity index is 563. The highest BCUT2D eigenvalue weighted by Gasteiger charge is 2.16. The van der Waals surface area contributed by atoms with Gasteiger partial charge in [-0.1, -0.05) is 30.3 Å². The predicted octanol–water partition coefficient (Wildman–Crippen LogP) is 1.06. The molecule has 0 aliphatic carbocycles. The number of furan rings is 1. The van der Waals surface area contributed by atoms with Gasteiger partial charge in [-0.15, -0.1) is 0 Å². The van der Waals surface area contributed by atoms with Crippen LogP contribution >= 0.6 is 0 Å². The molecule has 104 valence electrons. The highest BCUT2D eigenvalue weighted by molar-refractivity contribution is 5.93. The van der Waals surface area contributed by atoms with E-state index in [0.29, 0.717) is 12.1 Å². The number of carbonyl (C=O) groups is 2. The van der Waals surface area contributed by atoms with Gasteiger partial charge in [-0.2, -0.15) is 0 Å². The van der Waals surface area contributed by atoms with E-state index in [0.717, 1.165) is 5.56 Å². The molecule has 0 unspecified atom stereocenters. The van der Waals surface area contributed by atoms with E-state index in [1.165, 1.54) is 17.4 Å². The summed E-state index contributed by atoms with van der Waals surface area (Å²) in [7, 11) is 0.